The summed E-state index contributed by atoms with van der Waals surface area (Å²) in [4.78, 5) is 31.7. The van der Waals surface area contributed by atoms with E-state index in [0.717, 1.165) is 11.1 Å². The summed E-state index contributed by atoms with van der Waals surface area (Å²) in [7, 11) is 1.58. The Kier molecular flexibility index (Phi) is 7.18. The summed E-state index contributed by atoms with van der Waals surface area (Å²) in [5.74, 6) is 3.19. The quantitative estimate of drug-likeness (QED) is 0.378. The van der Waals surface area contributed by atoms with Crippen molar-refractivity contribution in [3.05, 3.63) is 90.6 Å². The first-order chi connectivity index (χ1) is 17.0. The fraction of sp³-hybridized carbons (Fsp3) is 0.222. The molecule has 1 aromatic heterocycles. The van der Waals surface area contributed by atoms with E-state index in [-0.39, 0.29) is 18.8 Å². The SMILES string of the molecule is C#CCOc1ccccc1/C=c1/sc2n(c1=O)[C@@H](c1ccc(OC)cc1)C(C(=O)OCC)=C(C)N=2. The average Bonchev–Trinajstić information content (AvgIpc) is 3.17. The number of thiazole rings is 1. The molecule has 4 rings (SSSR count). The van der Waals surface area contributed by atoms with Gasteiger partial charge in [-0.25, -0.2) is 9.79 Å². The number of nitrogens with zero attached hydrogens (tertiary/aromatic N) is 2. The van der Waals surface area contributed by atoms with Crippen molar-refractivity contribution in [2.75, 3.05) is 20.3 Å². The van der Waals surface area contributed by atoms with Crippen molar-refractivity contribution in [3.63, 3.8) is 0 Å². The zero-order valence-corrected chi connectivity index (χ0v) is 20.4. The molecule has 0 saturated carbocycles. The van der Waals surface area contributed by atoms with Gasteiger partial charge < -0.3 is 14.2 Å². The maximum atomic E-state index is 13.7. The molecule has 0 fully saturated rings. The minimum absolute atomic E-state index is 0.117. The molecule has 0 amide bonds. The van der Waals surface area contributed by atoms with Crippen LogP contribution >= 0.6 is 11.3 Å². The van der Waals surface area contributed by atoms with Gasteiger partial charge in [0, 0.05) is 5.56 Å². The summed E-state index contributed by atoms with van der Waals surface area (Å²) >= 11 is 1.25. The van der Waals surface area contributed by atoms with Gasteiger partial charge in [0.25, 0.3) is 5.56 Å². The van der Waals surface area contributed by atoms with Crippen molar-refractivity contribution in [2.45, 2.75) is 19.9 Å². The van der Waals surface area contributed by atoms with Gasteiger partial charge in [0.15, 0.2) is 4.80 Å². The molecule has 3 aromatic rings. The van der Waals surface area contributed by atoms with Crippen molar-refractivity contribution in [1.29, 1.82) is 0 Å². The molecule has 0 N–H and O–H groups in total. The number of benzene rings is 2. The number of fused-ring (bicyclic) bond motifs is 1. The number of methoxy groups -OCH3 is 1. The maximum absolute atomic E-state index is 13.7. The zero-order valence-electron chi connectivity index (χ0n) is 19.6. The van der Waals surface area contributed by atoms with E-state index in [4.69, 9.17) is 20.6 Å². The first kappa shape index (κ1) is 24.0. The van der Waals surface area contributed by atoms with E-state index in [1.54, 1.807) is 49.8 Å². The molecule has 2 aromatic carbocycles. The van der Waals surface area contributed by atoms with Gasteiger partial charge in [0.1, 0.15) is 18.1 Å². The van der Waals surface area contributed by atoms with Crippen LogP contribution in [0.25, 0.3) is 6.08 Å². The molecule has 0 unspecified atom stereocenters. The van der Waals surface area contributed by atoms with Crippen molar-refractivity contribution in [1.82, 2.24) is 4.57 Å². The van der Waals surface area contributed by atoms with Crippen LogP contribution in [0.4, 0.5) is 0 Å². The normalized spacial score (nSPS) is 15.1. The van der Waals surface area contributed by atoms with Gasteiger partial charge in [0.2, 0.25) is 0 Å². The lowest BCUT2D eigenvalue weighted by Crippen LogP contribution is -2.39. The number of carbonyl (C=O) groups excluding carboxylic acids is 1. The summed E-state index contributed by atoms with van der Waals surface area (Å²) in [5, 5.41) is 0. The van der Waals surface area contributed by atoms with Crippen LogP contribution in [0.1, 0.15) is 31.0 Å². The number of terminal acetylenes is 1. The smallest absolute Gasteiger partial charge is 0.338 e. The Morgan fingerprint density at radius 3 is 2.66 bits per heavy atom. The van der Waals surface area contributed by atoms with Crippen LogP contribution in [0.3, 0.4) is 0 Å². The lowest BCUT2D eigenvalue weighted by molar-refractivity contribution is -0.139. The van der Waals surface area contributed by atoms with E-state index in [2.05, 4.69) is 10.9 Å². The molecule has 0 aliphatic carbocycles. The van der Waals surface area contributed by atoms with Gasteiger partial charge in [-0.2, -0.15) is 0 Å². The molecule has 1 aliphatic rings. The van der Waals surface area contributed by atoms with E-state index < -0.39 is 12.0 Å². The number of esters is 1. The van der Waals surface area contributed by atoms with Crippen molar-refractivity contribution in [2.24, 2.45) is 4.99 Å². The van der Waals surface area contributed by atoms with Crippen molar-refractivity contribution < 1.29 is 19.0 Å². The van der Waals surface area contributed by atoms with E-state index >= 15 is 0 Å². The van der Waals surface area contributed by atoms with Crippen LogP contribution in [0.15, 0.2) is 69.6 Å². The maximum Gasteiger partial charge on any atom is 0.338 e. The molecular weight excluding hydrogens is 464 g/mol. The van der Waals surface area contributed by atoms with Crippen LogP contribution < -0.4 is 24.4 Å². The van der Waals surface area contributed by atoms with E-state index in [1.165, 1.54) is 11.3 Å². The standard InChI is InChI=1S/C27H24N2O5S/c1-5-15-34-21-10-8-7-9-19(21)16-22-25(30)29-24(18-11-13-20(32-4)14-12-18)23(26(31)33-6-2)17(3)28-27(29)35-22/h1,7-14,16,24H,6,15H2,2-4H3/b22-16+/t24-/m0/s1. The highest BCUT2D eigenvalue weighted by Crippen LogP contribution is 2.31. The molecule has 7 nitrogen and oxygen atoms in total. The van der Waals surface area contributed by atoms with Crippen molar-refractivity contribution in [3.8, 4) is 23.8 Å². The van der Waals surface area contributed by atoms with Crippen LogP contribution in [-0.2, 0) is 9.53 Å². The highest BCUT2D eigenvalue weighted by Gasteiger charge is 2.33. The van der Waals surface area contributed by atoms with Gasteiger partial charge in [0.05, 0.1) is 35.6 Å². The molecular formula is C27H24N2O5S. The third kappa shape index (κ3) is 4.77. The van der Waals surface area contributed by atoms with Gasteiger partial charge >= 0.3 is 5.97 Å². The van der Waals surface area contributed by atoms with E-state index in [1.807, 2.05) is 30.3 Å². The molecule has 1 atom stereocenters. The Morgan fingerprint density at radius 1 is 1.23 bits per heavy atom. The molecule has 8 heteroatoms. The molecule has 0 spiro atoms. The summed E-state index contributed by atoms with van der Waals surface area (Å²) in [6, 6.07) is 13.9. The summed E-state index contributed by atoms with van der Waals surface area (Å²) in [6.07, 6.45) is 7.08. The van der Waals surface area contributed by atoms with Gasteiger partial charge in [-0.3, -0.25) is 9.36 Å². The lowest BCUT2D eigenvalue weighted by atomic mass is 9.96. The number of rotatable bonds is 7. The number of hydrogen-bond acceptors (Lipinski definition) is 7. The lowest BCUT2D eigenvalue weighted by Gasteiger charge is -2.24. The Balaban J connectivity index is 1.92. The monoisotopic (exact) mass is 488 g/mol. The summed E-state index contributed by atoms with van der Waals surface area (Å²) in [5.41, 5.74) is 2.03. The minimum Gasteiger partial charge on any atom is -0.497 e. The van der Waals surface area contributed by atoms with E-state index in [9.17, 15) is 9.59 Å². The summed E-state index contributed by atoms with van der Waals surface area (Å²) < 4.78 is 18.2. The topological polar surface area (TPSA) is 79.1 Å². The van der Waals surface area contributed by atoms with E-state index in [0.29, 0.717) is 32.1 Å². The number of allylic oxidation sites excluding steroid dienone is 1. The van der Waals surface area contributed by atoms with Crippen LogP contribution in [0.2, 0.25) is 0 Å². The zero-order chi connectivity index (χ0) is 24.9. The first-order valence-electron chi connectivity index (χ1n) is 11.0. The number of carbonyl (C=O) groups is 1. The molecule has 35 heavy (non-hydrogen) atoms. The largest absolute Gasteiger partial charge is 0.497 e. The summed E-state index contributed by atoms with van der Waals surface area (Å²) in [6.45, 7) is 3.82. The number of ether oxygens (including phenoxy) is 3. The van der Waals surface area contributed by atoms with Gasteiger partial charge in [-0.15, -0.1) is 6.42 Å². The second-order valence-electron chi connectivity index (χ2n) is 7.61. The number of para-hydroxylation sites is 1. The minimum atomic E-state index is -0.689. The Labute approximate surface area is 206 Å². The number of aromatic nitrogens is 1. The van der Waals surface area contributed by atoms with Crippen LogP contribution in [-0.4, -0.2) is 30.9 Å². The predicted molar refractivity (Wildman–Crippen MR) is 134 cm³/mol. The molecule has 2 heterocycles. The molecule has 1 aliphatic heterocycles. The Morgan fingerprint density at radius 2 is 1.97 bits per heavy atom. The molecule has 0 saturated heterocycles. The molecule has 0 bridgehead atoms. The Bertz CT molecular complexity index is 1510. The fourth-order valence-corrected chi connectivity index (χ4v) is 4.92. The second-order valence-corrected chi connectivity index (χ2v) is 8.62. The average molecular weight is 489 g/mol. The van der Waals surface area contributed by atoms with Crippen LogP contribution in [0.5, 0.6) is 11.5 Å². The third-order valence-corrected chi connectivity index (χ3v) is 6.45. The molecule has 0 radical (unpaired) electrons. The Hall–Kier alpha value is -4.09. The molecule has 178 valence electrons. The fourth-order valence-electron chi connectivity index (χ4n) is 3.88. The highest BCUT2D eigenvalue weighted by atomic mass is 32.1. The predicted octanol–water partition coefficient (Wildman–Crippen LogP) is 2.82. The second kappa shape index (κ2) is 10.5. The van der Waals surface area contributed by atoms with Crippen LogP contribution in [0, 0.1) is 12.3 Å². The first-order valence-corrected chi connectivity index (χ1v) is 11.8. The highest BCUT2D eigenvalue weighted by molar-refractivity contribution is 7.07. The van der Waals surface area contributed by atoms with Crippen molar-refractivity contribution >= 4 is 23.4 Å². The third-order valence-electron chi connectivity index (χ3n) is 5.47. The van der Waals surface area contributed by atoms with Gasteiger partial charge in [-0.1, -0.05) is 47.6 Å². The number of hydrogen-bond donors (Lipinski definition) is 0. The van der Waals surface area contributed by atoms with Gasteiger partial charge in [-0.05, 0) is 43.7 Å².